The Morgan fingerprint density at radius 1 is 1.14 bits per heavy atom. The Hall–Kier alpha value is -2.89. The molecule has 0 bridgehead atoms. The van der Waals surface area contributed by atoms with Crippen molar-refractivity contribution in [3.8, 4) is 11.5 Å². The van der Waals surface area contributed by atoms with Crippen molar-refractivity contribution in [3.63, 3.8) is 0 Å². The minimum atomic E-state index is -0.432. The maximum absolute atomic E-state index is 12.8. The van der Waals surface area contributed by atoms with Gasteiger partial charge in [-0.15, -0.1) is 0 Å². The summed E-state index contributed by atoms with van der Waals surface area (Å²) < 4.78 is 23.1. The molecular weight excluding hydrogens is 287 g/mol. The van der Waals surface area contributed by atoms with Crippen LogP contribution in [0.5, 0.6) is 11.5 Å². The standard InChI is InChI=1S/C16H15FN2O3/c1-21-14-7-8-15(22-2)12(9-14)10-18-19-16(20)11-3-5-13(17)6-4-11/h3-10H,1-2H3,(H,19,20). The molecule has 0 spiro atoms. The van der Waals surface area contributed by atoms with E-state index in [1.54, 1.807) is 25.3 Å². The molecule has 114 valence electrons. The highest BCUT2D eigenvalue weighted by Crippen LogP contribution is 2.22. The van der Waals surface area contributed by atoms with Crippen molar-refractivity contribution in [1.29, 1.82) is 0 Å². The molecule has 0 fully saturated rings. The topological polar surface area (TPSA) is 59.9 Å². The lowest BCUT2D eigenvalue weighted by atomic mass is 10.2. The van der Waals surface area contributed by atoms with Crippen LogP contribution < -0.4 is 14.9 Å². The first-order valence-electron chi connectivity index (χ1n) is 6.45. The third-order valence-electron chi connectivity index (χ3n) is 2.91. The summed E-state index contributed by atoms with van der Waals surface area (Å²) in [5.41, 5.74) is 3.34. The average Bonchev–Trinajstić information content (AvgIpc) is 2.55. The first-order chi connectivity index (χ1) is 10.6. The van der Waals surface area contributed by atoms with E-state index in [4.69, 9.17) is 9.47 Å². The first kappa shape index (κ1) is 15.5. The molecule has 0 heterocycles. The highest BCUT2D eigenvalue weighted by molar-refractivity contribution is 5.95. The number of amides is 1. The largest absolute Gasteiger partial charge is 0.497 e. The molecule has 0 unspecified atom stereocenters. The Labute approximate surface area is 127 Å². The molecule has 6 heteroatoms. The molecule has 0 aliphatic rings. The van der Waals surface area contributed by atoms with Crippen LogP contribution >= 0.6 is 0 Å². The van der Waals surface area contributed by atoms with Gasteiger partial charge in [0.2, 0.25) is 0 Å². The van der Waals surface area contributed by atoms with E-state index in [0.29, 0.717) is 22.6 Å². The van der Waals surface area contributed by atoms with Crippen molar-refractivity contribution in [3.05, 3.63) is 59.4 Å². The van der Waals surface area contributed by atoms with Gasteiger partial charge in [-0.2, -0.15) is 5.10 Å². The number of nitrogens with one attached hydrogen (secondary N) is 1. The maximum atomic E-state index is 12.8. The third-order valence-corrected chi connectivity index (χ3v) is 2.91. The maximum Gasteiger partial charge on any atom is 0.271 e. The molecule has 1 N–H and O–H groups in total. The third kappa shape index (κ3) is 3.82. The molecule has 0 atom stereocenters. The van der Waals surface area contributed by atoms with E-state index in [1.165, 1.54) is 37.6 Å². The van der Waals surface area contributed by atoms with Crippen molar-refractivity contribution in [2.75, 3.05) is 14.2 Å². The summed E-state index contributed by atoms with van der Waals surface area (Å²) in [4.78, 5) is 11.8. The number of carbonyl (C=O) groups excluding carboxylic acids is 1. The zero-order chi connectivity index (χ0) is 15.9. The molecule has 2 aromatic carbocycles. The number of nitrogens with zero attached hydrogens (tertiary/aromatic N) is 1. The fourth-order valence-corrected chi connectivity index (χ4v) is 1.77. The number of carbonyl (C=O) groups is 1. The lowest BCUT2D eigenvalue weighted by Crippen LogP contribution is -2.17. The summed E-state index contributed by atoms with van der Waals surface area (Å²) in [6.07, 6.45) is 1.45. The second-order valence-electron chi connectivity index (χ2n) is 4.31. The molecule has 1 amide bonds. The van der Waals surface area contributed by atoms with Gasteiger partial charge in [0, 0.05) is 11.1 Å². The number of hydrogen-bond acceptors (Lipinski definition) is 4. The van der Waals surface area contributed by atoms with Crippen molar-refractivity contribution < 1.29 is 18.7 Å². The summed E-state index contributed by atoms with van der Waals surface area (Å²) in [7, 11) is 3.09. The van der Waals surface area contributed by atoms with Crippen molar-refractivity contribution in [2.24, 2.45) is 5.10 Å². The fourth-order valence-electron chi connectivity index (χ4n) is 1.77. The molecule has 22 heavy (non-hydrogen) atoms. The average molecular weight is 302 g/mol. The molecule has 0 aliphatic heterocycles. The van der Waals surface area contributed by atoms with Crippen LogP contribution in [-0.4, -0.2) is 26.3 Å². The van der Waals surface area contributed by atoms with Gasteiger partial charge >= 0.3 is 0 Å². The summed E-state index contributed by atoms with van der Waals surface area (Å²) >= 11 is 0. The van der Waals surface area contributed by atoms with E-state index in [1.807, 2.05) is 0 Å². The van der Waals surface area contributed by atoms with E-state index >= 15 is 0 Å². The second kappa shape index (κ2) is 7.21. The molecule has 2 aromatic rings. The van der Waals surface area contributed by atoms with Crippen LogP contribution in [-0.2, 0) is 0 Å². The summed E-state index contributed by atoms with van der Waals surface area (Å²) in [6.45, 7) is 0. The quantitative estimate of drug-likeness (QED) is 0.682. The number of benzene rings is 2. The van der Waals surface area contributed by atoms with Gasteiger partial charge in [0.1, 0.15) is 17.3 Å². The lowest BCUT2D eigenvalue weighted by Gasteiger charge is -2.06. The SMILES string of the molecule is COc1ccc(OC)c(C=NNC(=O)c2ccc(F)cc2)c1. The predicted octanol–water partition coefficient (Wildman–Crippen LogP) is 2.61. The number of hydrogen-bond donors (Lipinski definition) is 1. The van der Waals surface area contributed by atoms with Crippen LogP contribution in [0.2, 0.25) is 0 Å². The number of methoxy groups -OCH3 is 2. The second-order valence-corrected chi connectivity index (χ2v) is 4.31. The lowest BCUT2D eigenvalue weighted by molar-refractivity contribution is 0.0955. The van der Waals surface area contributed by atoms with Gasteiger partial charge in [-0.3, -0.25) is 4.79 Å². The van der Waals surface area contributed by atoms with Gasteiger partial charge in [0.15, 0.2) is 0 Å². The smallest absolute Gasteiger partial charge is 0.271 e. The van der Waals surface area contributed by atoms with Gasteiger partial charge in [-0.25, -0.2) is 9.82 Å². The van der Waals surface area contributed by atoms with Crippen LogP contribution in [0.25, 0.3) is 0 Å². The van der Waals surface area contributed by atoms with E-state index in [9.17, 15) is 9.18 Å². The summed E-state index contributed by atoms with van der Waals surface area (Å²) in [5.74, 6) is 0.409. The highest BCUT2D eigenvalue weighted by atomic mass is 19.1. The molecule has 0 saturated carbocycles. The van der Waals surface area contributed by atoms with Gasteiger partial charge in [0.05, 0.1) is 20.4 Å². The van der Waals surface area contributed by atoms with Gasteiger partial charge in [-0.05, 0) is 42.5 Å². The van der Waals surface area contributed by atoms with E-state index < -0.39 is 11.7 Å². The molecule has 0 radical (unpaired) electrons. The highest BCUT2D eigenvalue weighted by Gasteiger charge is 2.05. The molecule has 0 saturated heterocycles. The Balaban J connectivity index is 2.08. The Bertz CT molecular complexity index is 684. The van der Waals surface area contributed by atoms with Crippen LogP contribution in [0.15, 0.2) is 47.6 Å². The van der Waals surface area contributed by atoms with Gasteiger partial charge in [-0.1, -0.05) is 0 Å². The predicted molar refractivity (Wildman–Crippen MR) is 81.0 cm³/mol. The van der Waals surface area contributed by atoms with E-state index in [2.05, 4.69) is 10.5 Å². The molecule has 2 rings (SSSR count). The zero-order valence-corrected chi connectivity index (χ0v) is 12.2. The minimum Gasteiger partial charge on any atom is -0.497 e. The summed E-state index contributed by atoms with van der Waals surface area (Å²) in [6, 6.07) is 10.4. The normalized spacial score (nSPS) is 10.5. The Morgan fingerprint density at radius 3 is 2.50 bits per heavy atom. The summed E-state index contributed by atoms with van der Waals surface area (Å²) in [5, 5.41) is 3.87. The number of hydrazone groups is 1. The monoisotopic (exact) mass is 302 g/mol. The minimum absolute atomic E-state index is 0.316. The van der Waals surface area contributed by atoms with Crippen LogP contribution in [0.4, 0.5) is 4.39 Å². The number of halogens is 1. The van der Waals surface area contributed by atoms with Crippen LogP contribution in [0, 0.1) is 5.82 Å². The van der Waals surface area contributed by atoms with E-state index in [0.717, 1.165) is 0 Å². The number of rotatable bonds is 5. The Morgan fingerprint density at radius 2 is 1.86 bits per heavy atom. The Kier molecular flexibility index (Phi) is 5.08. The van der Waals surface area contributed by atoms with Crippen molar-refractivity contribution in [1.82, 2.24) is 5.43 Å². The van der Waals surface area contributed by atoms with E-state index in [-0.39, 0.29) is 0 Å². The van der Waals surface area contributed by atoms with Crippen LogP contribution in [0.3, 0.4) is 0 Å². The van der Waals surface area contributed by atoms with Crippen molar-refractivity contribution in [2.45, 2.75) is 0 Å². The molecule has 5 nitrogen and oxygen atoms in total. The van der Waals surface area contributed by atoms with Gasteiger partial charge < -0.3 is 9.47 Å². The molecule has 0 aliphatic carbocycles. The zero-order valence-electron chi connectivity index (χ0n) is 12.2. The molecular formula is C16H15FN2O3. The molecule has 0 aromatic heterocycles. The van der Waals surface area contributed by atoms with Crippen molar-refractivity contribution >= 4 is 12.1 Å². The van der Waals surface area contributed by atoms with Gasteiger partial charge in [0.25, 0.3) is 5.91 Å². The van der Waals surface area contributed by atoms with Crippen LogP contribution in [0.1, 0.15) is 15.9 Å². The number of ether oxygens (including phenoxy) is 2. The first-order valence-corrected chi connectivity index (χ1v) is 6.45. The fraction of sp³-hybridized carbons (Fsp3) is 0.125.